The summed E-state index contributed by atoms with van der Waals surface area (Å²) in [7, 11) is 0. The lowest BCUT2D eigenvalue weighted by atomic mass is 9.85. The van der Waals surface area contributed by atoms with E-state index in [2.05, 4.69) is 0 Å². The van der Waals surface area contributed by atoms with Crippen molar-refractivity contribution in [3.8, 4) is 6.07 Å². The van der Waals surface area contributed by atoms with Crippen LogP contribution in [0.3, 0.4) is 0 Å². The summed E-state index contributed by atoms with van der Waals surface area (Å²) in [5.74, 6) is -0.433. The Bertz CT molecular complexity index is 499. The normalized spacial score (nSPS) is 23.8. The lowest BCUT2D eigenvalue weighted by Gasteiger charge is -2.25. The molecular formula is C15H22N2O4. The van der Waals surface area contributed by atoms with Gasteiger partial charge in [0.2, 0.25) is 0 Å². The number of nitriles is 1. The number of nitrogens with zero attached hydrogens (tertiary/aromatic N) is 2. The summed E-state index contributed by atoms with van der Waals surface area (Å²) in [6.45, 7) is 9.31. The van der Waals surface area contributed by atoms with Gasteiger partial charge in [0.1, 0.15) is 11.0 Å². The van der Waals surface area contributed by atoms with Crippen LogP contribution in [-0.2, 0) is 14.3 Å². The summed E-state index contributed by atoms with van der Waals surface area (Å²) in [6.07, 6.45) is 0.806. The van der Waals surface area contributed by atoms with E-state index in [-0.39, 0.29) is 19.7 Å². The van der Waals surface area contributed by atoms with E-state index in [9.17, 15) is 9.59 Å². The third-order valence-electron chi connectivity index (χ3n) is 3.19. The molecule has 0 saturated carbocycles. The van der Waals surface area contributed by atoms with E-state index in [1.165, 1.54) is 11.0 Å². The van der Waals surface area contributed by atoms with Gasteiger partial charge in [0.05, 0.1) is 12.7 Å². The van der Waals surface area contributed by atoms with Crippen molar-refractivity contribution < 1.29 is 19.1 Å². The zero-order valence-electron chi connectivity index (χ0n) is 13.2. The second kappa shape index (κ2) is 6.17. The molecule has 0 bridgehead atoms. The second-order valence-corrected chi connectivity index (χ2v) is 6.19. The molecule has 21 heavy (non-hydrogen) atoms. The standard InChI is InChI=1S/C15H22N2O4/c1-6-20-12(18)15(5)10-17(9-11(15)7-8-16)13(19)21-14(2,3)4/h7H,6,9-10H2,1-5H3. The molecular weight excluding hydrogens is 272 g/mol. The van der Waals surface area contributed by atoms with Gasteiger partial charge in [-0.25, -0.2) is 4.79 Å². The maximum absolute atomic E-state index is 12.2. The Hall–Kier alpha value is -2.03. The van der Waals surface area contributed by atoms with E-state index in [0.717, 1.165) is 0 Å². The quantitative estimate of drug-likeness (QED) is 0.576. The third-order valence-corrected chi connectivity index (χ3v) is 3.19. The van der Waals surface area contributed by atoms with Gasteiger partial charge in [-0.2, -0.15) is 5.26 Å². The van der Waals surface area contributed by atoms with Gasteiger partial charge < -0.3 is 14.4 Å². The number of esters is 1. The van der Waals surface area contributed by atoms with Crippen LogP contribution in [0.2, 0.25) is 0 Å². The van der Waals surface area contributed by atoms with E-state index in [1.54, 1.807) is 34.6 Å². The molecule has 0 radical (unpaired) electrons. The number of likely N-dealkylation sites (tertiary alicyclic amines) is 1. The number of carbonyl (C=O) groups excluding carboxylic acids is 2. The molecule has 116 valence electrons. The number of allylic oxidation sites excluding steroid dienone is 1. The van der Waals surface area contributed by atoms with Gasteiger partial charge in [-0.3, -0.25) is 4.79 Å². The maximum Gasteiger partial charge on any atom is 0.410 e. The minimum atomic E-state index is -0.997. The lowest BCUT2D eigenvalue weighted by Crippen LogP contribution is -2.39. The van der Waals surface area contributed by atoms with Gasteiger partial charge in [0.25, 0.3) is 0 Å². The first-order valence-corrected chi connectivity index (χ1v) is 6.88. The van der Waals surface area contributed by atoms with Crippen LogP contribution in [-0.4, -0.2) is 42.3 Å². The predicted octanol–water partition coefficient (Wildman–Crippen LogP) is 2.26. The zero-order valence-corrected chi connectivity index (χ0v) is 13.2. The van der Waals surface area contributed by atoms with Crippen LogP contribution in [0.5, 0.6) is 0 Å². The number of ether oxygens (including phenoxy) is 2. The third kappa shape index (κ3) is 3.97. The molecule has 1 heterocycles. The predicted molar refractivity (Wildman–Crippen MR) is 76.2 cm³/mol. The molecule has 0 spiro atoms. The van der Waals surface area contributed by atoms with Gasteiger partial charge >= 0.3 is 12.1 Å². The van der Waals surface area contributed by atoms with Crippen LogP contribution in [0.1, 0.15) is 34.6 Å². The van der Waals surface area contributed by atoms with Crippen molar-refractivity contribution in [2.45, 2.75) is 40.2 Å². The summed E-state index contributed by atoms with van der Waals surface area (Å²) in [4.78, 5) is 25.7. The minimum Gasteiger partial charge on any atom is -0.465 e. The highest BCUT2D eigenvalue weighted by Crippen LogP contribution is 2.37. The molecule has 0 aromatic carbocycles. The van der Waals surface area contributed by atoms with Crippen molar-refractivity contribution in [2.24, 2.45) is 5.41 Å². The van der Waals surface area contributed by atoms with Crippen LogP contribution < -0.4 is 0 Å². The van der Waals surface area contributed by atoms with Gasteiger partial charge in [-0.15, -0.1) is 0 Å². The first kappa shape index (κ1) is 17.0. The molecule has 0 aromatic rings. The van der Waals surface area contributed by atoms with E-state index in [4.69, 9.17) is 14.7 Å². The highest BCUT2D eigenvalue weighted by molar-refractivity contribution is 5.83. The number of hydrogen-bond acceptors (Lipinski definition) is 5. The fourth-order valence-corrected chi connectivity index (χ4v) is 2.14. The Morgan fingerprint density at radius 2 is 2.10 bits per heavy atom. The minimum absolute atomic E-state index is 0.147. The average molecular weight is 294 g/mol. The smallest absolute Gasteiger partial charge is 0.410 e. The largest absolute Gasteiger partial charge is 0.465 e. The van der Waals surface area contributed by atoms with Crippen molar-refractivity contribution in [3.63, 3.8) is 0 Å². The first-order chi connectivity index (χ1) is 9.64. The molecule has 1 fully saturated rings. The molecule has 6 heteroatoms. The summed E-state index contributed by atoms with van der Waals surface area (Å²) in [5.41, 5.74) is -1.05. The van der Waals surface area contributed by atoms with Crippen molar-refractivity contribution in [1.29, 1.82) is 5.26 Å². The van der Waals surface area contributed by atoms with E-state index >= 15 is 0 Å². The second-order valence-electron chi connectivity index (χ2n) is 6.19. The summed E-state index contributed by atoms with van der Waals surface area (Å²) in [5, 5.41) is 8.87. The fourth-order valence-electron chi connectivity index (χ4n) is 2.14. The van der Waals surface area contributed by atoms with Crippen molar-refractivity contribution >= 4 is 12.1 Å². The monoisotopic (exact) mass is 294 g/mol. The Morgan fingerprint density at radius 3 is 2.57 bits per heavy atom. The van der Waals surface area contributed by atoms with Crippen LogP contribution in [0.15, 0.2) is 11.6 Å². The van der Waals surface area contributed by atoms with Crippen molar-refractivity contribution in [1.82, 2.24) is 4.90 Å². The number of rotatable bonds is 2. The topological polar surface area (TPSA) is 79.6 Å². The molecule has 0 aromatic heterocycles. The molecule has 1 unspecified atom stereocenters. The maximum atomic E-state index is 12.2. The van der Waals surface area contributed by atoms with E-state index in [0.29, 0.717) is 5.57 Å². The van der Waals surface area contributed by atoms with Crippen LogP contribution in [0, 0.1) is 16.7 Å². The SMILES string of the molecule is CCOC(=O)C1(C)CN(C(=O)OC(C)(C)C)CC1=CC#N. The number of amides is 1. The average Bonchev–Trinajstić information content (AvgIpc) is 2.67. The molecule has 1 rings (SSSR count). The molecule has 1 aliphatic heterocycles. The highest BCUT2D eigenvalue weighted by atomic mass is 16.6. The van der Waals surface area contributed by atoms with Gasteiger partial charge in [0.15, 0.2) is 0 Å². The Balaban J connectivity index is 2.98. The summed E-state index contributed by atoms with van der Waals surface area (Å²) in [6, 6.07) is 1.92. The number of hydrogen-bond donors (Lipinski definition) is 0. The molecule has 1 saturated heterocycles. The van der Waals surface area contributed by atoms with Crippen LogP contribution in [0.4, 0.5) is 4.79 Å². The molecule has 1 atom stereocenters. The van der Waals surface area contributed by atoms with E-state index < -0.39 is 23.1 Å². The Morgan fingerprint density at radius 1 is 1.48 bits per heavy atom. The van der Waals surface area contributed by atoms with Crippen LogP contribution in [0.25, 0.3) is 0 Å². The molecule has 0 N–H and O–H groups in total. The zero-order chi connectivity index (χ0) is 16.3. The van der Waals surface area contributed by atoms with Crippen LogP contribution >= 0.6 is 0 Å². The van der Waals surface area contributed by atoms with Crippen molar-refractivity contribution in [2.75, 3.05) is 19.7 Å². The summed E-state index contributed by atoms with van der Waals surface area (Å²) < 4.78 is 10.4. The van der Waals surface area contributed by atoms with E-state index in [1.807, 2.05) is 6.07 Å². The van der Waals surface area contributed by atoms with Gasteiger partial charge in [-0.1, -0.05) is 0 Å². The fraction of sp³-hybridized carbons (Fsp3) is 0.667. The van der Waals surface area contributed by atoms with Crippen molar-refractivity contribution in [3.05, 3.63) is 11.6 Å². The molecule has 1 amide bonds. The number of carbonyl (C=O) groups is 2. The molecule has 6 nitrogen and oxygen atoms in total. The Labute approximate surface area is 125 Å². The lowest BCUT2D eigenvalue weighted by molar-refractivity contribution is -0.151. The summed E-state index contributed by atoms with van der Waals surface area (Å²) >= 11 is 0. The first-order valence-electron chi connectivity index (χ1n) is 6.88. The Kier molecular flexibility index (Phi) is 5.00. The molecule has 0 aliphatic carbocycles. The highest BCUT2D eigenvalue weighted by Gasteiger charge is 2.48. The van der Waals surface area contributed by atoms with Gasteiger partial charge in [0, 0.05) is 19.2 Å². The molecule has 1 aliphatic rings. The van der Waals surface area contributed by atoms with Gasteiger partial charge in [-0.05, 0) is 40.2 Å².